The summed E-state index contributed by atoms with van der Waals surface area (Å²) >= 11 is 0. The van der Waals surface area contributed by atoms with Gasteiger partial charge < -0.3 is 20.4 Å². The molecular formula is C23H30N6O4. The van der Waals surface area contributed by atoms with E-state index in [0.29, 0.717) is 0 Å². The number of carbonyl (C=O) groups is 2. The SMILES string of the molecule is CN1CCN([C@H](CNC(=O)C(=O)Nc2cccc([N+](=O)[O-])c2)c2ccc(N(C)C)cc2)CC1. The van der Waals surface area contributed by atoms with E-state index in [1.807, 2.05) is 43.3 Å². The molecule has 0 spiro atoms. The Balaban J connectivity index is 1.67. The summed E-state index contributed by atoms with van der Waals surface area (Å²) in [6.45, 7) is 3.83. The van der Waals surface area contributed by atoms with Crippen LogP contribution in [0.2, 0.25) is 0 Å². The molecule has 1 aliphatic rings. The van der Waals surface area contributed by atoms with Gasteiger partial charge in [0.2, 0.25) is 0 Å². The van der Waals surface area contributed by atoms with Crippen LogP contribution in [0.3, 0.4) is 0 Å². The van der Waals surface area contributed by atoms with Crippen LogP contribution in [0.4, 0.5) is 17.1 Å². The molecule has 10 nitrogen and oxygen atoms in total. The Morgan fingerprint density at radius 2 is 1.73 bits per heavy atom. The fraction of sp³-hybridized carbons (Fsp3) is 0.391. The van der Waals surface area contributed by atoms with E-state index in [1.54, 1.807) is 0 Å². The summed E-state index contributed by atoms with van der Waals surface area (Å²) in [5.41, 5.74) is 2.17. The van der Waals surface area contributed by atoms with Crippen molar-refractivity contribution in [1.29, 1.82) is 0 Å². The number of rotatable bonds is 7. The van der Waals surface area contributed by atoms with E-state index in [1.165, 1.54) is 24.3 Å². The van der Waals surface area contributed by atoms with Crippen molar-refractivity contribution in [2.24, 2.45) is 0 Å². The van der Waals surface area contributed by atoms with Crippen LogP contribution < -0.4 is 15.5 Å². The van der Waals surface area contributed by atoms with Gasteiger partial charge >= 0.3 is 11.8 Å². The first-order valence-electron chi connectivity index (χ1n) is 10.8. The van der Waals surface area contributed by atoms with Crippen LogP contribution in [0.1, 0.15) is 11.6 Å². The zero-order valence-corrected chi connectivity index (χ0v) is 19.2. The quantitative estimate of drug-likeness (QED) is 0.372. The largest absolute Gasteiger partial charge is 0.378 e. The third-order valence-corrected chi connectivity index (χ3v) is 5.75. The molecule has 3 rings (SSSR count). The lowest BCUT2D eigenvalue weighted by molar-refractivity contribution is -0.384. The Morgan fingerprint density at radius 3 is 2.33 bits per heavy atom. The van der Waals surface area contributed by atoms with Crippen molar-refractivity contribution in [2.75, 3.05) is 64.1 Å². The number of hydrogen-bond donors (Lipinski definition) is 2. The minimum Gasteiger partial charge on any atom is -0.378 e. The fourth-order valence-electron chi connectivity index (χ4n) is 3.74. The summed E-state index contributed by atoms with van der Waals surface area (Å²) in [6.07, 6.45) is 0. The second-order valence-corrected chi connectivity index (χ2v) is 8.31. The van der Waals surface area contributed by atoms with Gasteiger partial charge in [0.1, 0.15) is 0 Å². The molecular weight excluding hydrogens is 424 g/mol. The van der Waals surface area contributed by atoms with Crippen LogP contribution >= 0.6 is 0 Å². The molecule has 0 bridgehead atoms. The molecule has 1 fully saturated rings. The van der Waals surface area contributed by atoms with Gasteiger partial charge in [-0.05, 0) is 30.8 Å². The van der Waals surface area contributed by atoms with Crippen LogP contribution in [0, 0.1) is 10.1 Å². The van der Waals surface area contributed by atoms with E-state index in [9.17, 15) is 19.7 Å². The maximum absolute atomic E-state index is 12.5. The topological polar surface area (TPSA) is 111 Å². The van der Waals surface area contributed by atoms with Crippen molar-refractivity contribution in [3.05, 3.63) is 64.2 Å². The highest BCUT2D eigenvalue weighted by Gasteiger charge is 2.25. The lowest BCUT2D eigenvalue weighted by Gasteiger charge is -2.38. The molecule has 1 aliphatic heterocycles. The zero-order valence-electron chi connectivity index (χ0n) is 19.2. The van der Waals surface area contributed by atoms with Crippen molar-refractivity contribution < 1.29 is 14.5 Å². The highest BCUT2D eigenvalue weighted by atomic mass is 16.6. The van der Waals surface area contributed by atoms with E-state index in [-0.39, 0.29) is 24.0 Å². The molecule has 1 saturated heterocycles. The Kier molecular flexibility index (Phi) is 7.96. The first-order chi connectivity index (χ1) is 15.7. The normalized spacial score (nSPS) is 15.5. The van der Waals surface area contributed by atoms with Crippen molar-refractivity contribution in [2.45, 2.75) is 6.04 Å². The fourth-order valence-corrected chi connectivity index (χ4v) is 3.74. The first-order valence-corrected chi connectivity index (χ1v) is 10.8. The van der Waals surface area contributed by atoms with E-state index < -0.39 is 16.7 Å². The number of nitrogens with zero attached hydrogens (tertiary/aromatic N) is 4. The molecule has 2 amide bonds. The van der Waals surface area contributed by atoms with Crippen LogP contribution in [0.15, 0.2) is 48.5 Å². The lowest BCUT2D eigenvalue weighted by Crippen LogP contribution is -2.49. The third-order valence-electron chi connectivity index (χ3n) is 5.75. The molecule has 0 radical (unpaired) electrons. The number of anilines is 2. The van der Waals surface area contributed by atoms with Gasteiger partial charge in [0.15, 0.2) is 0 Å². The van der Waals surface area contributed by atoms with Gasteiger partial charge in [-0.3, -0.25) is 24.6 Å². The summed E-state index contributed by atoms with van der Waals surface area (Å²) in [5, 5.41) is 16.1. The van der Waals surface area contributed by atoms with Crippen molar-refractivity contribution in [3.63, 3.8) is 0 Å². The van der Waals surface area contributed by atoms with Crippen LogP contribution in [0.25, 0.3) is 0 Å². The predicted octanol–water partition coefficient (Wildman–Crippen LogP) is 1.70. The van der Waals surface area contributed by atoms with Gasteiger partial charge in [-0.2, -0.15) is 0 Å². The average Bonchev–Trinajstić information content (AvgIpc) is 2.80. The van der Waals surface area contributed by atoms with Gasteiger partial charge in [-0.1, -0.05) is 18.2 Å². The summed E-state index contributed by atoms with van der Waals surface area (Å²) in [4.78, 5) is 41.8. The Bertz CT molecular complexity index is 987. The molecule has 2 aromatic rings. The van der Waals surface area contributed by atoms with E-state index >= 15 is 0 Å². The molecule has 0 aromatic heterocycles. The third kappa shape index (κ3) is 6.50. The lowest BCUT2D eigenvalue weighted by atomic mass is 10.0. The summed E-state index contributed by atoms with van der Waals surface area (Å²) < 4.78 is 0. The molecule has 0 aliphatic carbocycles. The number of nitro groups is 1. The number of hydrogen-bond acceptors (Lipinski definition) is 7. The number of carbonyl (C=O) groups excluding carboxylic acids is 2. The highest BCUT2D eigenvalue weighted by Crippen LogP contribution is 2.24. The van der Waals surface area contributed by atoms with Crippen molar-refractivity contribution in [3.8, 4) is 0 Å². The minimum absolute atomic E-state index is 0.0792. The number of nitro benzene ring substituents is 1. The van der Waals surface area contributed by atoms with E-state index in [0.717, 1.165) is 37.4 Å². The second kappa shape index (κ2) is 10.9. The average molecular weight is 455 g/mol. The Hall–Kier alpha value is -3.50. The van der Waals surface area contributed by atoms with Crippen LogP contribution in [0.5, 0.6) is 0 Å². The summed E-state index contributed by atoms with van der Waals surface area (Å²) in [6, 6.07) is 13.6. The van der Waals surface area contributed by atoms with Gasteiger partial charge in [-0.15, -0.1) is 0 Å². The van der Waals surface area contributed by atoms with E-state index in [4.69, 9.17) is 0 Å². The molecule has 10 heteroatoms. The zero-order chi connectivity index (χ0) is 24.0. The number of likely N-dealkylation sites (N-methyl/N-ethyl adjacent to an activating group) is 1. The number of benzene rings is 2. The van der Waals surface area contributed by atoms with Crippen LogP contribution in [-0.2, 0) is 9.59 Å². The molecule has 33 heavy (non-hydrogen) atoms. The first kappa shape index (κ1) is 24.1. The molecule has 0 unspecified atom stereocenters. The molecule has 0 saturated carbocycles. The monoisotopic (exact) mass is 454 g/mol. The minimum atomic E-state index is -0.865. The molecule has 2 aromatic carbocycles. The number of amides is 2. The molecule has 2 N–H and O–H groups in total. The maximum atomic E-state index is 12.5. The maximum Gasteiger partial charge on any atom is 0.313 e. The molecule has 1 heterocycles. The molecule has 176 valence electrons. The van der Waals surface area contributed by atoms with Crippen LogP contribution in [-0.4, -0.2) is 80.4 Å². The Morgan fingerprint density at radius 1 is 1.06 bits per heavy atom. The highest BCUT2D eigenvalue weighted by molar-refractivity contribution is 6.39. The van der Waals surface area contributed by atoms with Gasteiger partial charge in [0, 0.05) is 70.3 Å². The van der Waals surface area contributed by atoms with Crippen molar-refractivity contribution in [1.82, 2.24) is 15.1 Å². The van der Waals surface area contributed by atoms with Crippen molar-refractivity contribution >= 4 is 28.9 Å². The standard InChI is InChI=1S/C23H30N6O4/c1-26(2)19-9-7-17(8-10-19)21(28-13-11-27(3)12-14-28)16-24-22(30)23(31)25-18-5-4-6-20(15-18)29(32)33/h4-10,15,21H,11-14,16H2,1-3H3,(H,24,30)(H,25,31)/t21-/m1/s1. The summed E-state index contributed by atoms with van der Waals surface area (Å²) in [7, 11) is 6.04. The number of non-ortho nitro benzene ring substituents is 1. The van der Waals surface area contributed by atoms with E-state index in [2.05, 4.69) is 27.5 Å². The van der Waals surface area contributed by atoms with Gasteiger partial charge in [-0.25, -0.2) is 0 Å². The summed E-state index contributed by atoms with van der Waals surface area (Å²) in [5.74, 6) is -1.65. The smallest absolute Gasteiger partial charge is 0.313 e. The van der Waals surface area contributed by atoms with Gasteiger partial charge in [0.25, 0.3) is 5.69 Å². The number of piperazine rings is 1. The predicted molar refractivity (Wildman–Crippen MR) is 127 cm³/mol. The molecule has 1 atom stereocenters. The number of nitrogens with one attached hydrogen (secondary N) is 2. The Labute approximate surface area is 193 Å². The second-order valence-electron chi connectivity index (χ2n) is 8.31. The van der Waals surface area contributed by atoms with Gasteiger partial charge in [0.05, 0.1) is 11.0 Å².